The highest BCUT2D eigenvalue weighted by molar-refractivity contribution is 5.93. The zero-order valence-corrected chi connectivity index (χ0v) is 25.8. The van der Waals surface area contributed by atoms with Crippen LogP contribution in [0.4, 0.5) is 4.79 Å². The highest BCUT2D eigenvalue weighted by atomic mass is 16.8. The van der Waals surface area contributed by atoms with Crippen LogP contribution in [-0.2, 0) is 38.6 Å². The van der Waals surface area contributed by atoms with Crippen molar-refractivity contribution >= 4 is 18.0 Å². The average molecular weight is 634 g/mol. The number of ether oxygens (including phenoxy) is 3. The van der Waals surface area contributed by atoms with Gasteiger partial charge in [0.05, 0.1) is 32.2 Å². The minimum Gasteiger partial charge on any atom is -0.431 e. The predicted octanol–water partition coefficient (Wildman–Crippen LogP) is 2.97. The lowest BCUT2D eigenvalue weighted by molar-refractivity contribution is -0.0915. The summed E-state index contributed by atoms with van der Waals surface area (Å²) in [5.41, 5.74) is 2.29. The van der Waals surface area contributed by atoms with Crippen molar-refractivity contribution in [2.45, 2.75) is 70.9 Å². The largest absolute Gasteiger partial charge is 0.511 e. The molecule has 1 unspecified atom stereocenters. The Balaban J connectivity index is 1.11. The Bertz CT molecular complexity index is 1650. The minimum atomic E-state index is -1.12. The van der Waals surface area contributed by atoms with E-state index in [4.69, 9.17) is 19.0 Å². The standard InChI is InChI=1S/C30H35N9O7/c1-20(45-30(42)46-25-13-5-4-6-14-25)44-29(41)24-12-8-10-22(16-24)19-39-34-27(32-36-39)17-26-31-35-38(33-26)18-21-9-7-11-23(15-21)28(40)37(2)43-3/h7-12,15-16,20,25H,4-6,13-14,17-19H2,1-3H3. The molecule has 1 amide bonds. The van der Waals surface area contributed by atoms with Crippen molar-refractivity contribution in [1.82, 2.24) is 45.5 Å². The molecule has 1 atom stereocenters. The molecule has 5 rings (SSSR count). The van der Waals surface area contributed by atoms with Gasteiger partial charge in [-0.2, -0.15) is 9.59 Å². The number of tetrazole rings is 2. The Morgan fingerprint density at radius 1 is 0.870 bits per heavy atom. The monoisotopic (exact) mass is 633 g/mol. The van der Waals surface area contributed by atoms with Gasteiger partial charge in [0.25, 0.3) is 5.91 Å². The second kappa shape index (κ2) is 15.2. The quantitative estimate of drug-likeness (QED) is 0.126. The first-order valence-electron chi connectivity index (χ1n) is 14.9. The molecule has 16 nitrogen and oxygen atoms in total. The van der Waals surface area contributed by atoms with Crippen LogP contribution in [0.25, 0.3) is 0 Å². The lowest BCUT2D eigenvalue weighted by Gasteiger charge is -2.22. The van der Waals surface area contributed by atoms with E-state index in [1.165, 1.54) is 30.7 Å². The molecular formula is C30H35N9O7. The van der Waals surface area contributed by atoms with E-state index in [-0.39, 0.29) is 30.5 Å². The SMILES string of the molecule is CON(C)C(=O)c1cccc(Cn2nnc(Cc3nnn(Cc4cccc(C(=O)OC(C)OC(=O)OC5CCCCC5)c4)n3)n2)c1. The molecule has 1 aliphatic rings. The molecule has 1 saturated carbocycles. The number of carbonyl (C=O) groups excluding carboxylic acids is 3. The number of amides is 1. The van der Waals surface area contributed by atoms with E-state index in [9.17, 15) is 14.4 Å². The van der Waals surface area contributed by atoms with Gasteiger partial charge in [0.2, 0.25) is 6.29 Å². The summed E-state index contributed by atoms with van der Waals surface area (Å²) >= 11 is 0. The fourth-order valence-corrected chi connectivity index (χ4v) is 4.89. The summed E-state index contributed by atoms with van der Waals surface area (Å²) in [5.74, 6) is -0.141. The van der Waals surface area contributed by atoms with Gasteiger partial charge < -0.3 is 14.2 Å². The molecule has 0 spiro atoms. The Morgan fingerprint density at radius 3 is 2.07 bits per heavy atom. The van der Waals surface area contributed by atoms with Gasteiger partial charge in [-0.05, 0) is 71.5 Å². The summed E-state index contributed by atoms with van der Waals surface area (Å²) in [7, 11) is 2.96. The molecule has 4 aromatic rings. The summed E-state index contributed by atoms with van der Waals surface area (Å²) < 4.78 is 15.7. The third-order valence-electron chi connectivity index (χ3n) is 7.20. The zero-order valence-electron chi connectivity index (χ0n) is 25.8. The number of benzene rings is 2. The summed E-state index contributed by atoms with van der Waals surface area (Å²) in [6, 6.07) is 13.8. The van der Waals surface area contributed by atoms with Crippen molar-refractivity contribution in [3.8, 4) is 0 Å². The second-order valence-electron chi connectivity index (χ2n) is 10.8. The molecule has 0 aliphatic heterocycles. The maximum atomic E-state index is 12.7. The van der Waals surface area contributed by atoms with Gasteiger partial charge in [0.1, 0.15) is 6.10 Å². The van der Waals surface area contributed by atoms with Crippen molar-refractivity contribution < 1.29 is 33.4 Å². The number of hydrogen-bond donors (Lipinski definition) is 0. The number of aromatic nitrogens is 8. The van der Waals surface area contributed by atoms with Gasteiger partial charge >= 0.3 is 12.1 Å². The molecule has 2 aromatic heterocycles. The number of hydroxylamine groups is 2. The van der Waals surface area contributed by atoms with Crippen molar-refractivity contribution in [1.29, 1.82) is 0 Å². The first kappa shape index (κ1) is 32.2. The first-order valence-corrected chi connectivity index (χ1v) is 14.9. The molecule has 0 bridgehead atoms. The Kier molecular flexibility index (Phi) is 10.6. The van der Waals surface area contributed by atoms with Crippen LogP contribution in [0.1, 0.15) is 82.5 Å². The van der Waals surface area contributed by atoms with E-state index in [1.807, 2.05) is 12.1 Å². The lowest BCUT2D eigenvalue weighted by Crippen LogP contribution is -2.26. The molecule has 46 heavy (non-hydrogen) atoms. The van der Waals surface area contributed by atoms with Gasteiger partial charge in [-0.15, -0.1) is 20.4 Å². The van der Waals surface area contributed by atoms with Gasteiger partial charge in [-0.3, -0.25) is 9.63 Å². The molecule has 1 aliphatic carbocycles. The second-order valence-corrected chi connectivity index (χ2v) is 10.8. The molecule has 16 heteroatoms. The van der Waals surface area contributed by atoms with Crippen molar-refractivity contribution in [3.63, 3.8) is 0 Å². The Labute approximate surface area is 264 Å². The van der Waals surface area contributed by atoms with Crippen LogP contribution in [-0.4, -0.2) is 90.1 Å². The minimum absolute atomic E-state index is 0.158. The van der Waals surface area contributed by atoms with Gasteiger partial charge in [-0.1, -0.05) is 30.7 Å². The van der Waals surface area contributed by atoms with Crippen LogP contribution >= 0.6 is 0 Å². The van der Waals surface area contributed by atoms with E-state index in [2.05, 4.69) is 30.8 Å². The van der Waals surface area contributed by atoms with Crippen LogP contribution in [0.3, 0.4) is 0 Å². The topological polar surface area (TPSA) is 179 Å². The number of esters is 1. The number of rotatable bonds is 12. The van der Waals surface area contributed by atoms with Crippen LogP contribution < -0.4 is 0 Å². The van der Waals surface area contributed by atoms with E-state index < -0.39 is 18.4 Å². The molecule has 242 valence electrons. The number of carbonyl (C=O) groups is 3. The van der Waals surface area contributed by atoms with E-state index in [1.54, 1.807) is 36.4 Å². The number of nitrogens with zero attached hydrogens (tertiary/aromatic N) is 9. The summed E-state index contributed by atoms with van der Waals surface area (Å²) in [4.78, 5) is 44.9. The summed E-state index contributed by atoms with van der Waals surface area (Å²) in [5, 5.41) is 26.3. The lowest BCUT2D eigenvalue weighted by atomic mass is 9.98. The van der Waals surface area contributed by atoms with Crippen LogP contribution in [0.2, 0.25) is 0 Å². The molecule has 0 radical (unpaired) electrons. The fraction of sp³-hybridized carbons (Fsp3) is 0.433. The van der Waals surface area contributed by atoms with Gasteiger partial charge in [0, 0.05) is 19.5 Å². The highest BCUT2D eigenvalue weighted by Crippen LogP contribution is 2.21. The Morgan fingerprint density at radius 2 is 1.46 bits per heavy atom. The maximum Gasteiger partial charge on any atom is 0.511 e. The van der Waals surface area contributed by atoms with E-state index >= 15 is 0 Å². The van der Waals surface area contributed by atoms with E-state index in [0.29, 0.717) is 23.8 Å². The maximum absolute atomic E-state index is 12.7. The Hall–Kier alpha value is -5.25. The molecule has 2 aromatic carbocycles. The smallest absolute Gasteiger partial charge is 0.431 e. The zero-order chi connectivity index (χ0) is 32.5. The fourth-order valence-electron chi connectivity index (χ4n) is 4.89. The molecule has 1 fully saturated rings. The molecule has 0 N–H and O–H groups in total. The number of hydrogen-bond acceptors (Lipinski definition) is 13. The highest BCUT2D eigenvalue weighted by Gasteiger charge is 2.22. The van der Waals surface area contributed by atoms with Crippen LogP contribution in [0.15, 0.2) is 48.5 Å². The third-order valence-corrected chi connectivity index (χ3v) is 7.20. The van der Waals surface area contributed by atoms with Crippen molar-refractivity contribution in [3.05, 3.63) is 82.4 Å². The van der Waals surface area contributed by atoms with Gasteiger partial charge in [-0.25, -0.2) is 14.7 Å². The molecule has 2 heterocycles. The van der Waals surface area contributed by atoms with Gasteiger partial charge in [0.15, 0.2) is 11.6 Å². The van der Waals surface area contributed by atoms with Crippen molar-refractivity contribution in [2.75, 3.05) is 14.2 Å². The normalized spacial score (nSPS) is 14.0. The molecular weight excluding hydrogens is 598 g/mol. The summed E-state index contributed by atoms with van der Waals surface area (Å²) in [6.07, 6.45) is 2.87. The predicted molar refractivity (Wildman–Crippen MR) is 158 cm³/mol. The first-order chi connectivity index (χ1) is 22.2. The average Bonchev–Trinajstić information content (AvgIpc) is 3.69. The summed E-state index contributed by atoms with van der Waals surface area (Å²) in [6.45, 7) is 2.00. The third kappa shape index (κ3) is 8.90. The molecule has 0 saturated heterocycles. The van der Waals surface area contributed by atoms with E-state index in [0.717, 1.165) is 48.3 Å². The van der Waals surface area contributed by atoms with Crippen molar-refractivity contribution in [2.24, 2.45) is 0 Å². The van der Waals surface area contributed by atoms with Crippen LogP contribution in [0.5, 0.6) is 0 Å². The van der Waals surface area contributed by atoms with Crippen LogP contribution in [0, 0.1) is 0 Å².